The molecule has 1 aliphatic carbocycles. The maximum absolute atomic E-state index is 4.87. The van der Waals surface area contributed by atoms with Crippen LogP contribution in [0.15, 0.2) is 18.5 Å². The van der Waals surface area contributed by atoms with E-state index in [9.17, 15) is 0 Å². The van der Waals surface area contributed by atoms with E-state index in [-0.39, 0.29) is 0 Å². The van der Waals surface area contributed by atoms with E-state index in [0.29, 0.717) is 5.92 Å². The molecule has 6 heteroatoms. The van der Waals surface area contributed by atoms with Gasteiger partial charge in [-0.05, 0) is 25.8 Å². The van der Waals surface area contributed by atoms with Crippen molar-refractivity contribution in [2.75, 3.05) is 31.1 Å². The minimum atomic E-state index is 0.662. The molecular weight excluding hydrogens is 300 g/mol. The van der Waals surface area contributed by atoms with Gasteiger partial charge in [-0.25, -0.2) is 15.0 Å². The highest BCUT2D eigenvalue weighted by Gasteiger charge is 2.24. The van der Waals surface area contributed by atoms with Crippen LogP contribution in [0.3, 0.4) is 0 Å². The van der Waals surface area contributed by atoms with Crippen LogP contribution in [0.2, 0.25) is 0 Å². The molecule has 4 rings (SSSR count). The Morgan fingerprint density at radius 1 is 1.12 bits per heavy atom. The Morgan fingerprint density at radius 2 is 1.92 bits per heavy atom. The van der Waals surface area contributed by atoms with E-state index in [1.54, 1.807) is 0 Å². The normalized spacial score (nSPS) is 19.5. The fourth-order valence-electron chi connectivity index (χ4n) is 3.49. The molecule has 1 saturated heterocycles. The van der Waals surface area contributed by atoms with Crippen molar-refractivity contribution in [3.8, 4) is 0 Å². The van der Waals surface area contributed by atoms with Crippen LogP contribution >= 0.6 is 0 Å². The topological polar surface area (TPSA) is 50.1 Å². The molecule has 6 nitrogen and oxygen atoms in total. The van der Waals surface area contributed by atoms with Crippen molar-refractivity contribution in [2.24, 2.45) is 7.05 Å². The monoisotopic (exact) mass is 326 g/mol. The number of hydrogen-bond acceptors (Lipinski definition) is 5. The zero-order valence-corrected chi connectivity index (χ0v) is 14.6. The fraction of sp³-hybridized carbons (Fsp3) is 0.611. The number of piperazine rings is 1. The Morgan fingerprint density at radius 3 is 2.54 bits per heavy atom. The third-order valence-electron chi connectivity index (χ3n) is 5.33. The van der Waals surface area contributed by atoms with Crippen molar-refractivity contribution in [2.45, 2.75) is 38.6 Å². The molecule has 0 radical (unpaired) electrons. The fourth-order valence-corrected chi connectivity index (χ4v) is 3.49. The molecule has 2 aromatic heterocycles. The minimum absolute atomic E-state index is 0.662. The lowest BCUT2D eigenvalue weighted by atomic mass is 9.83. The van der Waals surface area contributed by atoms with Gasteiger partial charge in [-0.2, -0.15) is 0 Å². The second kappa shape index (κ2) is 6.51. The van der Waals surface area contributed by atoms with E-state index in [1.807, 2.05) is 12.4 Å². The third kappa shape index (κ3) is 3.15. The Kier molecular flexibility index (Phi) is 4.22. The Bertz CT molecular complexity index is 697. The minimum Gasteiger partial charge on any atom is -0.338 e. The molecule has 1 aliphatic heterocycles. The van der Waals surface area contributed by atoms with Crippen molar-refractivity contribution in [1.82, 2.24) is 24.4 Å². The Balaban J connectivity index is 1.40. The highest BCUT2D eigenvalue weighted by molar-refractivity contribution is 5.34. The first-order valence-corrected chi connectivity index (χ1v) is 8.98. The van der Waals surface area contributed by atoms with Crippen LogP contribution in [0.1, 0.15) is 42.4 Å². The van der Waals surface area contributed by atoms with Gasteiger partial charge >= 0.3 is 0 Å². The van der Waals surface area contributed by atoms with Crippen LogP contribution in [0.25, 0.3) is 0 Å². The molecule has 0 atom stereocenters. The van der Waals surface area contributed by atoms with Gasteiger partial charge in [0, 0.05) is 62.9 Å². The summed E-state index contributed by atoms with van der Waals surface area (Å²) in [5.41, 5.74) is 2.34. The van der Waals surface area contributed by atoms with Gasteiger partial charge in [-0.1, -0.05) is 6.42 Å². The molecule has 0 unspecified atom stereocenters. The number of nitrogens with zero attached hydrogens (tertiary/aromatic N) is 6. The molecule has 2 aromatic rings. The lowest BCUT2D eigenvalue weighted by Crippen LogP contribution is -2.47. The summed E-state index contributed by atoms with van der Waals surface area (Å²) in [6, 6.07) is 2.17. The SMILES string of the molecule is Cc1cc(C2CCC2)nc(N2CCN(Cc3nccn3C)CC2)n1. The summed E-state index contributed by atoms with van der Waals surface area (Å²) in [4.78, 5) is 18.8. The van der Waals surface area contributed by atoms with Gasteiger partial charge in [-0.15, -0.1) is 0 Å². The quantitative estimate of drug-likeness (QED) is 0.861. The van der Waals surface area contributed by atoms with E-state index in [2.05, 4.69) is 39.4 Å². The van der Waals surface area contributed by atoms with Gasteiger partial charge < -0.3 is 9.47 Å². The van der Waals surface area contributed by atoms with Crippen molar-refractivity contribution in [3.05, 3.63) is 35.7 Å². The summed E-state index contributed by atoms with van der Waals surface area (Å²) in [6.07, 6.45) is 7.79. The highest BCUT2D eigenvalue weighted by Crippen LogP contribution is 2.36. The zero-order valence-electron chi connectivity index (χ0n) is 14.6. The average molecular weight is 326 g/mol. The summed E-state index contributed by atoms with van der Waals surface area (Å²) < 4.78 is 2.10. The maximum atomic E-state index is 4.87. The van der Waals surface area contributed by atoms with Crippen LogP contribution in [-0.2, 0) is 13.6 Å². The molecule has 0 spiro atoms. The standard InChI is InChI=1S/C18H26N6/c1-14-12-16(15-4-3-5-15)21-18(20-14)24-10-8-23(9-11-24)13-17-19-6-7-22(17)2/h6-7,12,15H,3-5,8-11,13H2,1-2H3. The first-order chi connectivity index (χ1) is 11.7. The number of anilines is 1. The van der Waals surface area contributed by atoms with Crippen molar-refractivity contribution in [3.63, 3.8) is 0 Å². The predicted octanol–water partition coefficient (Wildman–Crippen LogP) is 2.11. The molecule has 0 aromatic carbocycles. The molecule has 3 heterocycles. The van der Waals surface area contributed by atoms with E-state index < -0.39 is 0 Å². The van der Waals surface area contributed by atoms with E-state index in [1.165, 1.54) is 25.0 Å². The number of aromatic nitrogens is 4. The first-order valence-electron chi connectivity index (χ1n) is 8.98. The summed E-state index contributed by atoms with van der Waals surface area (Å²) in [5.74, 6) is 2.71. The summed E-state index contributed by atoms with van der Waals surface area (Å²) >= 11 is 0. The van der Waals surface area contributed by atoms with Crippen molar-refractivity contribution in [1.29, 1.82) is 0 Å². The molecular formula is C18H26N6. The molecule has 1 saturated carbocycles. The van der Waals surface area contributed by atoms with Crippen LogP contribution in [0.5, 0.6) is 0 Å². The van der Waals surface area contributed by atoms with Gasteiger partial charge in [0.15, 0.2) is 0 Å². The van der Waals surface area contributed by atoms with E-state index in [4.69, 9.17) is 9.97 Å². The summed E-state index contributed by atoms with van der Waals surface area (Å²) in [7, 11) is 2.06. The lowest BCUT2D eigenvalue weighted by Gasteiger charge is -2.35. The van der Waals surface area contributed by atoms with Crippen LogP contribution in [-0.4, -0.2) is 50.6 Å². The van der Waals surface area contributed by atoms with Gasteiger partial charge in [0.1, 0.15) is 5.82 Å². The number of aryl methyl sites for hydroxylation is 2. The van der Waals surface area contributed by atoms with Gasteiger partial charge in [0.25, 0.3) is 0 Å². The number of hydrogen-bond donors (Lipinski definition) is 0. The second-order valence-corrected chi connectivity index (χ2v) is 7.08. The van der Waals surface area contributed by atoms with Crippen molar-refractivity contribution < 1.29 is 0 Å². The first kappa shape index (κ1) is 15.6. The van der Waals surface area contributed by atoms with Crippen LogP contribution in [0.4, 0.5) is 5.95 Å². The van der Waals surface area contributed by atoms with Gasteiger partial charge in [-0.3, -0.25) is 4.90 Å². The van der Waals surface area contributed by atoms with Gasteiger partial charge in [0.05, 0.1) is 6.54 Å². The van der Waals surface area contributed by atoms with E-state index in [0.717, 1.165) is 50.2 Å². The van der Waals surface area contributed by atoms with Crippen LogP contribution in [0, 0.1) is 6.92 Å². The lowest BCUT2D eigenvalue weighted by molar-refractivity contribution is 0.240. The summed E-state index contributed by atoms with van der Waals surface area (Å²) in [5, 5.41) is 0. The molecule has 0 N–H and O–H groups in total. The zero-order chi connectivity index (χ0) is 16.5. The smallest absolute Gasteiger partial charge is 0.225 e. The van der Waals surface area contributed by atoms with Crippen LogP contribution < -0.4 is 4.90 Å². The second-order valence-electron chi connectivity index (χ2n) is 7.08. The average Bonchev–Trinajstić information content (AvgIpc) is 2.91. The Labute approximate surface area is 143 Å². The number of imidazole rings is 1. The molecule has 2 aliphatic rings. The van der Waals surface area contributed by atoms with Gasteiger partial charge in [0.2, 0.25) is 5.95 Å². The van der Waals surface area contributed by atoms with E-state index >= 15 is 0 Å². The largest absolute Gasteiger partial charge is 0.338 e. The maximum Gasteiger partial charge on any atom is 0.225 e. The predicted molar refractivity (Wildman–Crippen MR) is 94.1 cm³/mol. The molecule has 24 heavy (non-hydrogen) atoms. The molecule has 0 bridgehead atoms. The molecule has 128 valence electrons. The highest BCUT2D eigenvalue weighted by atomic mass is 15.3. The number of rotatable bonds is 4. The molecule has 0 amide bonds. The van der Waals surface area contributed by atoms with Crippen molar-refractivity contribution >= 4 is 5.95 Å². The Hall–Kier alpha value is -1.95. The summed E-state index contributed by atoms with van der Waals surface area (Å²) in [6.45, 7) is 7.03. The molecule has 2 fully saturated rings. The third-order valence-corrected chi connectivity index (χ3v) is 5.33.